The fourth-order valence-electron chi connectivity index (χ4n) is 4.29. The molecule has 0 aliphatic carbocycles. The monoisotopic (exact) mass is 486 g/mol. The van der Waals surface area contributed by atoms with E-state index in [-0.39, 0.29) is 11.8 Å². The van der Waals surface area contributed by atoms with Crippen LogP contribution in [0, 0.1) is 0 Å². The fraction of sp³-hybridized carbons (Fsp3) is 0.179. The first kappa shape index (κ1) is 22.9. The molecule has 3 aromatic carbocycles. The van der Waals surface area contributed by atoms with Gasteiger partial charge in [-0.1, -0.05) is 85.4 Å². The maximum Gasteiger partial charge on any atom is 0.334 e. The highest BCUT2D eigenvalue weighted by Gasteiger charge is 2.58. The molecule has 2 aliphatic rings. The Balaban J connectivity index is 1.41. The third kappa shape index (κ3) is 4.33. The van der Waals surface area contributed by atoms with Crippen LogP contribution in [-0.2, 0) is 19.1 Å². The van der Waals surface area contributed by atoms with Crippen molar-refractivity contribution in [3.05, 3.63) is 120 Å². The van der Waals surface area contributed by atoms with Gasteiger partial charge in [0.1, 0.15) is 0 Å². The average molecular weight is 487 g/mol. The molecule has 6 nitrogen and oxygen atoms in total. The number of halogens is 1. The quantitative estimate of drug-likeness (QED) is 0.203. The Morgan fingerprint density at radius 1 is 0.971 bits per heavy atom. The van der Waals surface area contributed by atoms with Gasteiger partial charge in [-0.2, -0.15) is 0 Å². The Morgan fingerprint density at radius 2 is 1.51 bits per heavy atom. The molecule has 0 radical (unpaired) electrons. The first-order valence-electron chi connectivity index (χ1n) is 11.2. The van der Waals surface area contributed by atoms with Gasteiger partial charge < -0.3 is 9.47 Å². The van der Waals surface area contributed by atoms with Crippen molar-refractivity contribution in [2.24, 2.45) is 4.99 Å². The zero-order chi connectivity index (χ0) is 24.4. The van der Waals surface area contributed by atoms with E-state index in [0.29, 0.717) is 11.5 Å². The summed E-state index contributed by atoms with van der Waals surface area (Å²) < 4.78 is 12.0. The third-order valence-electron chi connectivity index (χ3n) is 6.06. The molecule has 35 heavy (non-hydrogen) atoms. The van der Waals surface area contributed by atoms with Gasteiger partial charge in [0.05, 0.1) is 0 Å². The fourth-order valence-corrected chi connectivity index (χ4v) is 4.44. The van der Waals surface area contributed by atoms with Gasteiger partial charge in [0.25, 0.3) is 5.91 Å². The lowest BCUT2D eigenvalue weighted by Gasteiger charge is -2.44. The highest BCUT2D eigenvalue weighted by molar-refractivity contribution is 6.20. The highest BCUT2D eigenvalue weighted by atomic mass is 35.5. The summed E-state index contributed by atoms with van der Waals surface area (Å²) in [5.41, 5.74) is 2.72. The molecule has 0 saturated carbocycles. The van der Waals surface area contributed by atoms with Crippen molar-refractivity contribution in [1.82, 2.24) is 4.90 Å². The van der Waals surface area contributed by atoms with Crippen LogP contribution in [0.1, 0.15) is 22.8 Å². The lowest BCUT2D eigenvalue weighted by Crippen LogP contribution is -2.68. The summed E-state index contributed by atoms with van der Waals surface area (Å²) in [5.74, 6) is -0.608. The van der Waals surface area contributed by atoms with Crippen molar-refractivity contribution < 1.29 is 19.1 Å². The number of alkyl halides is 1. The maximum atomic E-state index is 13.6. The number of hydrogen-bond acceptors (Lipinski definition) is 5. The van der Waals surface area contributed by atoms with Gasteiger partial charge >= 0.3 is 5.97 Å². The van der Waals surface area contributed by atoms with Crippen LogP contribution in [0.5, 0.6) is 0 Å². The molecule has 3 atom stereocenters. The second-order valence-corrected chi connectivity index (χ2v) is 8.60. The molecule has 2 aliphatic heterocycles. The number of esters is 1. The highest BCUT2D eigenvalue weighted by Crippen LogP contribution is 2.36. The Hall–Kier alpha value is -3.90. The molecule has 0 unspecified atom stereocenters. The van der Waals surface area contributed by atoms with Crippen LogP contribution in [0.3, 0.4) is 0 Å². The van der Waals surface area contributed by atoms with Crippen LogP contribution in [0.2, 0.25) is 0 Å². The number of aliphatic imine (C=N–C) groups is 1. The Kier molecular flexibility index (Phi) is 6.38. The number of fused-ring (bicyclic) bond motifs is 1. The summed E-state index contributed by atoms with van der Waals surface area (Å²) in [6, 6.07) is 26.4. The van der Waals surface area contributed by atoms with E-state index in [1.165, 1.54) is 4.90 Å². The first-order valence-corrected chi connectivity index (χ1v) is 11.8. The number of carbonyl (C=O) groups excluding carboxylic acids is 2. The molecule has 1 amide bonds. The van der Waals surface area contributed by atoms with Crippen molar-refractivity contribution in [1.29, 1.82) is 0 Å². The van der Waals surface area contributed by atoms with Crippen LogP contribution in [-0.4, -0.2) is 46.9 Å². The molecule has 1 fully saturated rings. The maximum absolute atomic E-state index is 13.6. The Morgan fingerprint density at radius 3 is 2.06 bits per heavy atom. The molecular weight excluding hydrogens is 464 g/mol. The van der Waals surface area contributed by atoms with Crippen molar-refractivity contribution in [3.63, 3.8) is 0 Å². The number of likely N-dealkylation sites (tertiary alicyclic amines) is 1. The minimum Gasteiger partial charge on any atom is -0.451 e. The topological polar surface area (TPSA) is 68.2 Å². The molecule has 1 saturated heterocycles. The van der Waals surface area contributed by atoms with Gasteiger partial charge in [0, 0.05) is 11.4 Å². The molecular formula is C28H23ClN2O4. The van der Waals surface area contributed by atoms with Crippen molar-refractivity contribution in [2.75, 3.05) is 5.88 Å². The standard InChI is InChI=1S/C28H23ClN2O4/c1-18(17-29)23(31-26(32)22-27(31)35-25(30-22)21-15-9-4-10-16-21)28(33)34-24(19-11-5-2-6-12-19)20-13-7-3-8-14-20/h2-16,22-24,27H,1,17H2/t22-,23+,27-/m0/s1. The summed E-state index contributed by atoms with van der Waals surface area (Å²) in [6.45, 7) is 3.96. The van der Waals surface area contributed by atoms with E-state index < -0.39 is 30.4 Å². The lowest BCUT2D eigenvalue weighted by molar-refractivity contribution is -0.178. The molecule has 0 N–H and O–H groups in total. The Bertz CT molecular complexity index is 1220. The smallest absolute Gasteiger partial charge is 0.334 e. The van der Waals surface area contributed by atoms with Gasteiger partial charge in [-0.05, 0) is 28.8 Å². The molecule has 3 aromatic rings. The number of carbonyl (C=O) groups is 2. The van der Waals surface area contributed by atoms with Crippen LogP contribution < -0.4 is 0 Å². The summed E-state index contributed by atoms with van der Waals surface area (Å²) in [4.78, 5) is 32.4. The molecule has 0 spiro atoms. The molecule has 7 heteroatoms. The van der Waals surface area contributed by atoms with Gasteiger partial charge in [-0.3, -0.25) is 9.69 Å². The molecule has 5 rings (SSSR count). The van der Waals surface area contributed by atoms with E-state index in [9.17, 15) is 9.59 Å². The number of ether oxygens (including phenoxy) is 2. The van der Waals surface area contributed by atoms with E-state index in [1.807, 2.05) is 91.0 Å². The molecule has 0 bridgehead atoms. The van der Waals surface area contributed by atoms with Gasteiger partial charge in [0.15, 0.2) is 18.2 Å². The molecule has 2 heterocycles. The minimum absolute atomic E-state index is 0.0192. The SMILES string of the molecule is C=C(CCl)[C@H](C(=O)OC(c1ccccc1)c1ccccc1)N1C(=O)[C@@H]2N=C(c3ccccc3)O[C@@H]21. The summed E-state index contributed by atoms with van der Waals surface area (Å²) >= 11 is 6.09. The van der Waals surface area contributed by atoms with E-state index in [4.69, 9.17) is 21.1 Å². The summed E-state index contributed by atoms with van der Waals surface area (Å²) in [5, 5.41) is 0. The number of β-lactam (4-membered cyclic amide) rings is 1. The normalized spacial score (nSPS) is 19.3. The minimum atomic E-state index is -1.10. The second-order valence-electron chi connectivity index (χ2n) is 8.33. The number of benzene rings is 3. The Labute approximate surface area is 208 Å². The summed E-state index contributed by atoms with van der Waals surface area (Å²) in [6.07, 6.45) is -1.38. The lowest BCUT2D eigenvalue weighted by atomic mass is 9.97. The van der Waals surface area contributed by atoms with Crippen molar-refractivity contribution in [2.45, 2.75) is 24.4 Å². The number of nitrogens with zero attached hydrogens (tertiary/aromatic N) is 2. The largest absolute Gasteiger partial charge is 0.451 e. The third-order valence-corrected chi connectivity index (χ3v) is 6.40. The zero-order valence-electron chi connectivity index (χ0n) is 18.8. The summed E-state index contributed by atoms with van der Waals surface area (Å²) in [7, 11) is 0. The van der Waals surface area contributed by atoms with Crippen LogP contribution >= 0.6 is 11.6 Å². The first-order chi connectivity index (χ1) is 17.1. The second kappa shape index (κ2) is 9.76. The van der Waals surface area contributed by atoms with Crippen LogP contribution in [0.15, 0.2) is 108 Å². The van der Waals surface area contributed by atoms with Crippen LogP contribution in [0.4, 0.5) is 0 Å². The van der Waals surface area contributed by atoms with E-state index >= 15 is 0 Å². The number of hydrogen-bond donors (Lipinski definition) is 0. The van der Waals surface area contributed by atoms with Crippen molar-refractivity contribution >= 4 is 29.4 Å². The predicted octanol–water partition coefficient (Wildman–Crippen LogP) is 4.50. The molecule has 176 valence electrons. The van der Waals surface area contributed by atoms with Gasteiger partial charge in [-0.15, -0.1) is 11.6 Å². The average Bonchev–Trinajstić information content (AvgIpc) is 3.31. The number of amides is 1. The van der Waals surface area contributed by atoms with Gasteiger partial charge in [-0.25, -0.2) is 9.79 Å². The van der Waals surface area contributed by atoms with Crippen molar-refractivity contribution in [3.8, 4) is 0 Å². The van der Waals surface area contributed by atoms with Gasteiger partial charge in [0.2, 0.25) is 12.1 Å². The van der Waals surface area contributed by atoms with Crippen LogP contribution in [0.25, 0.3) is 0 Å². The number of rotatable bonds is 8. The van der Waals surface area contributed by atoms with E-state index in [2.05, 4.69) is 11.6 Å². The zero-order valence-corrected chi connectivity index (χ0v) is 19.5. The van der Waals surface area contributed by atoms with E-state index in [0.717, 1.165) is 16.7 Å². The predicted molar refractivity (Wildman–Crippen MR) is 133 cm³/mol. The van der Waals surface area contributed by atoms with E-state index in [1.54, 1.807) is 0 Å². The molecule has 0 aromatic heterocycles.